The van der Waals surface area contributed by atoms with E-state index >= 15 is 0 Å². The third kappa shape index (κ3) is 6.68. The third-order valence-corrected chi connectivity index (χ3v) is 6.95. The van der Waals surface area contributed by atoms with E-state index in [9.17, 15) is 4.79 Å². The van der Waals surface area contributed by atoms with E-state index in [0.717, 1.165) is 49.7 Å². The topological polar surface area (TPSA) is 35.6 Å². The van der Waals surface area contributed by atoms with Gasteiger partial charge in [0, 0.05) is 31.2 Å². The molecule has 0 unspecified atom stereocenters. The van der Waals surface area contributed by atoms with Crippen LogP contribution >= 0.6 is 0 Å². The summed E-state index contributed by atoms with van der Waals surface area (Å²) >= 11 is 0. The smallest absolute Gasteiger partial charge is 0.244 e. The SMILES string of the molecule is Cc1ccc(/C=C/C(=O)NCCN2CCC(N(C)[C@H]3CCCC[C@@H]3C)CC2)cc1. The lowest BCUT2D eigenvalue weighted by Crippen LogP contribution is -2.50. The molecule has 2 atom stereocenters. The Bertz CT molecular complexity index is 661. The van der Waals surface area contributed by atoms with Crippen LogP contribution in [0.1, 0.15) is 56.6 Å². The van der Waals surface area contributed by atoms with Gasteiger partial charge in [0.05, 0.1) is 0 Å². The Hall–Kier alpha value is -1.65. The fourth-order valence-electron chi connectivity index (χ4n) is 4.97. The highest BCUT2D eigenvalue weighted by Gasteiger charge is 2.31. The Morgan fingerprint density at radius 1 is 1.14 bits per heavy atom. The number of nitrogens with zero attached hydrogens (tertiary/aromatic N) is 2. The summed E-state index contributed by atoms with van der Waals surface area (Å²) in [7, 11) is 2.35. The largest absolute Gasteiger partial charge is 0.351 e. The molecule has 1 aromatic carbocycles. The van der Waals surface area contributed by atoms with Crippen molar-refractivity contribution in [1.82, 2.24) is 15.1 Å². The van der Waals surface area contributed by atoms with Gasteiger partial charge < -0.3 is 15.1 Å². The first-order valence-corrected chi connectivity index (χ1v) is 11.5. The van der Waals surface area contributed by atoms with Crippen molar-refractivity contribution in [3.8, 4) is 0 Å². The molecule has 1 heterocycles. The van der Waals surface area contributed by atoms with Gasteiger partial charge in [0.25, 0.3) is 0 Å². The van der Waals surface area contributed by atoms with Gasteiger partial charge in [0.1, 0.15) is 0 Å². The van der Waals surface area contributed by atoms with Crippen LogP contribution in [0.25, 0.3) is 6.08 Å². The van der Waals surface area contributed by atoms with Gasteiger partial charge in [0.15, 0.2) is 0 Å². The molecular formula is C25H39N3O. The molecule has 1 amide bonds. The Kier molecular flexibility index (Phi) is 8.31. The Morgan fingerprint density at radius 2 is 1.83 bits per heavy atom. The molecule has 160 valence electrons. The maximum atomic E-state index is 12.0. The van der Waals surface area contributed by atoms with Crippen molar-refractivity contribution in [3.05, 3.63) is 41.5 Å². The third-order valence-electron chi connectivity index (χ3n) is 6.95. The zero-order valence-electron chi connectivity index (χ0n) is 18.6. The predicted octanol–water partition coefficient (Wildman–Crippen LogP) is 4.10. The van der Waals surface area contributed by atoms with Crippen molar-refractivity contribution in [2.45, 2.75) is 64.5 Å². The Labute approximate surface area is 177 Å². The lowest BCUT2D eigenvalue weighted by atomic mass is 9.84. The maximum absolute atomic E-state index is 12.0. The van der Waals surface area contributed by atoms with E-state index < -0.39 is 0 Å². The molecule has 0 radical (unpaired) electrons. The van der Waals surface area contributed by atoms with Crippen molar-refractivity contribution in [2.24, 2.45) is 5.92 Å². The molecular weight excluding hydrogens is 358 g/mol. The molecule has 4 heteroatoms. The second-order valence-electron chi connectivity index (χ2n) is 9.10. The zero-order chi connectivity index (χ0) is 20.6. The number of aryl methyl sites for hydroxylation is 1. The van der Waals surface area contributed by atoms with Crippen LogP contribution in [-0.2, 0) is 4.79 Å². The lowest BCUT2D eigenvalue weighted by molar-refractivity contribution is -0.116. The summed E-state index contributed by atoms with van der Waals surface area (Å²) in [5.74, 6) is 0.835. The molecule has 2 fully saturated rings. The van der Waals surface area contributed by atoms with Crippen molar-refractivity contribution in [3.63, 3.8) is 0 Å². The van der Waals surface area contributed by atoms with Gasteiger partial charge in [-0.25, -0.2) is 0 Å². The average molecular weight is 398 g/mol. The van der Waals surface area contributed by atoms with Crippen LogP contribution in [0.4, 0.5) is 0 Å². The first kappa shape index (κ1) is 22.0. The van der Waals surface area contributed by atoms with Gasteiger partial charge >= 0.3 is 0 Å². The van der Waals surface area contributed by atoms with Gasteiger partial charge in [-0.3, -0.25) is 4.79 Å². The van der Waals surface area contributed by atoms with Gasteiger partial charge in [-0.2, -0.15) is 0 Å². The number of hydrogen-bond donors (Lipinski definition) is 1. The number of carbonyl (C=O) groups excluding carboxylic acids is 1. The predicted molar refractivity (Wildman–Crippen MR) is 122 cm³/mol. The quantitative estimate of drug-likeness (QED) is 0.704. The normalized spacial score (nSPS) is 24.3. The minimum absolute atomic E-state index is 0.00789. The minimum atomic E-state index is -0.00789. The van der Waals surface area contributed by atoms with Gasteiger partial charge in [-0.1, -0.05) is 49.6 Å². The van der Waals surface area contributed by atoms with Crippen LogP contribution in [0, 0.1) is 12.8 Å². The number of nitrogens with one attached hydrogen (secondary N) is 1. The standard InChI is InChI=1S/C25H39N3O/c1-20-8-10-22(11-9-20)12-13-25(29)26-16-19-28-17-14-23(15-18-28)27(3)24-7-5-4-6-21(24)2/h8-13,21,23-24H,4-7,14-19H2,1-3H3,(H,26,29)/b13-12+/t21-,24-/m0/s1. The summed E-state index contributed by atoms with van der Waals surface area (Å²) in [6.07, 6.45) is 11.6. The Morgan fingerprint density at radius 3 is 2.52 bits per heavy atom. The Balaban J connectivity index is 1.33. The molecule has 1 saturated heterocycles. The number of benzene rings is 1. The van der Waals surface area contributed by atoms with E-state index in [0.29, 0.717) is 0 Å². The highest BCUT2D eigenvalue weighted by molar-refractivity contribution is 5.91. The molecule has 0 bridgehead atoms. The number of rotatable bonds is 7. The van der Waals surface area contributed by atoms with E-state index in [4.69, 9.17) is 0 Å². The molecule has 1 aliphatic carbocycles. The lowest BCUT2D eigenvalue weighted by Gasteiger charge is -2.44. The van der Waals surface area contributed by atoms with E-state index in [2.05, 4.69) is 48.1 Å². The van der Waals surface area contributed by atoms with Crippen LogP contribution in [0.5, 0.6) is 0 Å². The molecule has 2 aliphatic rings. The van der Waals surface area contributed by atoms with Gasteiger partial charge in [-0.15, -0.1) is 0 Å². The molecule has 4 nitrogen and oxygen atoms in total. The molecule has 1 aromatic rings. The van der Waals surface area contributed by atoms with Crippen molar-refractivity contribution < 1.29 is 4.79 Å². The highest BCUT2D eigenvalue weighted by Crippen LogP contribution is 2.30. The first-order chi connectivity index (χ1) is 14.0. The van der Waals surface area contributed by atoms with Crippen LogP contribution in [-0.4, -0.2) is 61.0 Å². The minimum Gasteiger partial charge on any atom is -0.351 e. The zero-order valence-corrected chi connectivity index (χ0v) is 18.6. The number of amides is 1. The fraction of sp³-hybridized carbons (Fsp3) is 0.640. The fourth-order valence-corrected chi connectivity index (χ4v) is 4.97. The summed E-state index contributed by atoms with van der Waals surface area (Å²) in [5.41, 5.74) is 2.29. The van der Waals surface area contributed by atoms with Crippen LogP contribution in [0.2, 0.25) is 0 Å². The van der Waals surface area contributed by atoms with E-state index in [-0.39, 0.29) is 5.91 Å². The first-order valence-electron chi connectivity index (χ1n) is 11.5. The highest BCUT2D eigenvalue weighted by atomic mass is 16.1. The van der Waals surface area contributed by atoms with Crippen molar-refractivity contribution in [1.29, 1.82) is 0 Å². The summed E-state index contributed by atoms with van der Waals surface area (Å²) in [6.45, 7) is 8.46. The van der Waals surface area contributed by atoms with E-state index in [1.54, 1.807) is 6.08 Å². The van der Waals surface area contributed by atoms with E-state index in [1.165, 1.54) is 44.1 Å². The van der Waals surface area contributed by atoms with Crippen molar-refractivity contribution in [2.75, 3.05) is 33.2 Å². The monoisotopic (exact) mass is 397 g/mol. The van der Waals surface area contributed by atoms with Crippen LogP contribution in [0.3, 0.4) is 0 Å². The number of piperidine rings is 1. The summed E-state index contributed by atoms with van der Waals surface area (Å²) in [6, 6.07) is 9.70. The molecule has 29 heavy (non-hydrogen) atoms. The molecule has 1 saturated carbocycles. The van der Waals surface area contributed by atoms with E-state index in [1.807, 2.05) is 18.2 Å². The van der Waals surface area contributed by atoms with Gasteiger partial charge in [0.2, 0.25) is 5.91 Å². The molecule has 1 aliphatic heterocycles. The molecule has 3 rings (SSSR count). The van der Waals surface area contributed by atoms with Crippen LogP contribution < -0.4 is 5.32 Å². The second-order valence-corrected chi connectivity index (χ2v) is 9.10. The number of likely N-dealkylation sites (tertiary alicyclic amines) is 1. The molecule has 0 aromatic heterocycles. The second kappa shape index (κ2) is 10.9. The van der Waals surface area contributed by atoms with Crippen LogP contribution in [0.15, 0.2) is 30.3 Å². The summed E-state index contributed by atoms with van der Waals surface area (Å²) < 4.78 is 0. The maximum Gasteiger partial charge on any atom is 0.244 e. The summed E-state index contributed by atoms with van der Waals surface area (Å²) in [4.78, 5) is 17.2. The molecule has 1 N–H and O–H groups in total. The van der Waals surface area contributed by atoms with Crippen molar-refractivity contribution >= 4 is 12.0 Å². The number of hydrogen-bond acceptors (Lipinski definition) is 3. The molecule has 0 spiro atoms. The number of carbonyl (C=O) groups is 1. The van der Waals surface area contributed by atoms with Gasteiger partial charge in [-0.05, 0) is 70.3 Å². The average Bonchev–Trinajstić information content (AvgIpc) is 2.74. The summed E-state index contributed by atoms with van der Waals surface area (Å²) in [5, 5.41) is 3.03.